The second-order valence-corrected chi connectivity index (χ2v) is 7.91. The van der Waals surface area contributed by atoms with Crippen LogP contribution in [0.5, 0.6) is 0 Å². The summed E-state index contributed by atoms with van der Waals surface area (Å²) < 4.78 is 31.7. The molecule has 0 saturated carbocycles. The number of sulfonamides is 1. The Kier molecular flexibility index (Phi) is 5.97. The molecule has 0 spiro atoms. The second kappa shape index (κ2) is 7.60. The predicted molar refractivity (Wildman–Crippen MR) is 92.5 cm³/mol. The van der Waals surface area contributed by atoms with Crippen LogP contribution in [-0.4, -0.2) is 48.2 Å². The van der Waals surface area contributed by atoms with Crippen LogP contribution in [0.1, 0.15) is 18.4 Å². The Labute approximate surface area is 143 Å². The molecular formula is C16H25N3O4S. The number of rotatable bonds is 6. The smallest absolute Gasteiger partial charge is 0.240 e. The number of piperidine rings is 1. The van der Waals surface area contributed by atoms with Crippen molar-refractivity contribution in [3.05, 3.63) is 23.8 Å². The van der Waals surface area contributed by atoms with Crippen LogP contribution in [0.2, 0.25) is 0 Å². The summed E-state index contributed by atoms with van der Waals surface area (Å²) >= 11 is 0. The van der Waals surface area contributed by atoms with Crippen LogP contribution < -0.4 is 15.4 Å². The first-order valence-corrected chi connectivity index (χ1v) is 9.39. The topological polar surface area (TPSA) is 96.5 Å². The molecule has 3 N–H and O–H groups in total. The van der Waals surface area contributed by atoms with E-state index in [-0.39, 0.29) is 10.8 Å². The van der Waals surface area contributed by atoms with E-state index in [1.165, 1.54) is 13.1 Å². The Morgan fingerprint density at radius 1 is 1.33 bits per heavy atom. The van der Waals surface area contributed by atoms with Crippen molar-refractivity contribution in [3.63, 3.8) is 0 Å². The molecule has 134 valence electrons. The van der Waals surface area contributed by atoms with Gasteiger partial charge in [0.05, 0.1) is 16.9 Å². The number of nitrogens with one attached hydrogen (secondary N) is 3. The maximum absolute atomic E-state index is 12.9. The maximum Gasteiger partial charge on any atom is 0.240 e. The highest BCUT2D eigenvalue weighted by atomic mass is 32.2. The first-order chi connectivity index (χ1) is 11.4. The van der Waals surface area contributed by atoms with Gasteiger partial charge < -0.3 is 15.4 Å². The minimum atomic E-state index is -3.57. The lowest BCUT2D eigenvalue weighted by molar-refractivity contribution is -0.130. The van der Waals surface area contributed by atoms with E-state index in [0.717, 1.165) is 13.1 Å². The SMILES string of the molecule is CNS(=O)(=O)c1cccc(NC(=O)C2(COC)CCNCC2)c1C. The highest BCUT2D eigenvalue weighted by Gasteiger charge is 2.40. The minimum absolute atomic E-state index is 0.132. The summed E-state index contributed by atoms with van der Waals surface area (Å²) in [5, 5.41) is 6.14. The van der Waals surface area contributed by atoms with Crippen molar-refractivity contribution in [2.45, 2.75) is 24.7 Å². The Hall–Kier alpha value is -1.48. The molecule has 0 unspecified atom stereocenters. The predicted octanol–water partition coefficient (Wildman–Crippen LogP) is 0.858. The standard InChI is InChI=1S/C16H25N3O4S/c1-12-13(5-4-6-14(12)24(21,22)17-2)19-15(20)16(11-23-3)7-9-18-10-8-16/h4-6,17-18H,7-11H2,1-3H3,(H,19,20). The summed E-state index contributed by atoms with van der Waals surface area (Å²) in [5.41, 5.74) is 0.427. The summed E-state index contributed by atoms with van der Waals surface area (Å²) in [7, 11) is -0.624. The van der Waals surface area contributed by atoms with E-state index >= 15 is 0 Å². The number of benzene rings is 1. The van der Waals surface area contributed by atoms with E-state index in [0.29, 0.717) is 30.7 Å². The fraction of sp³-hybridized carbons (Fsp3) is 0.562. The van der Waals surface area contributed by atoms with Crippen LogP contribution in [0.15, 0.2) is 23.1 Å². The molecule has 1 amide bonds. The average molecular weight is 355 g/mol. The highest BCUT2D eigenvalue weighted by Crippen LogP contribution is 2.32. The number of amides is 1. The summed E-state index contributed by atoms with van der Waals surface area (Å²) in [5.74, 6) is -0.132. The van der Waals surface area contributed by atoms with Crippen molar-refractivity contribution < 1.29 is 17.9 Å². The molecule has 0 bridgehead atoms. The second-order valence-electron chi connectivity index (χ2n) is 6.05. The third-order valence-electron chi connectivity index (χ3n) is 4.55. The van der Waals surface area contributed by atoms with Gasteiger partial charge in [0.15, 0.2) is 0 Å². The number of carbonyl (C=O) groups is 1. The largest absolute Gasteiger partial charge is 0.384 e. The molecule has 1 aromatic rings. The zero-order valence-electron chi connectivity index (χ0n) is 14.3. The first kappa shape index (κ1) is 18.9. The van der Waals surface area contributed by atoms with Gasteiger partial charge in [0, 0.05) is 12.8 Å². The van der Waals surface area contributed by atoms with E-state index in [1.807, 2.05) is 0 Å². The molecule has 0 atom stereocenters. The Bertz CT molecular complexity index is 692. The summed E-state index contributed by atoms with van der Waals surface area (Å²) in [6, 6.07) is 4.86. The van der Waals surface area contributed by atoms with Gasteiger partial charge in [0.25, 0.3) is 0 Å². The zero-order valence-corrected chi connectivity index (χ0v) is 15.1. The van der Waals surface area contributed by atoms with Gasteiger partial charge in [-0.1, -0.05) is 6.07 Å². The van der Waals surface area contributed by atoms with Crippen molar-refractivity contribution in [2.75, 3.05) is 39.2 Å². The molecule has 0 aliphatic carbocycles. The van der Waals surface area contributed by atoms with E-state index in [9.17, 15) is 13.2 Å². The van der Waals surface area contributed by atoms with Gasteiger partial charge in [-0.2, -0.15) is 0 Å². The first-order valence-electron chi connectivity index (χ1n) is 7.90. The van der Waals surface area contributed by atoms with Crippen LogP contribution in [0.3, 0.4) is 0 Å². The fourth-order valence-electron chi connectivity index (χ4n) is 3.02. The van der Waals surface area contributed by atoms with E-state index in [1.54, 1.807) is 26.2 Å². The lowest BCUT2D eigenvalue weighted by Gasteiger charge is -2.35. The molecule has 1 aromatic carbocycles. The van der Waals surface area contributed by atoms with E-state index < -0.39 is 15.4 Å². The molecule has 0 aromatic heterocycles. The van der Waals surface area contributed by atoms with E-state index in [2.05, 4.69) is 15.4 Å². The Morgan fingerprint density at radius 2 is 2.00 bits per heavy atom. The van der Waals surface area contributed by atoms with Gasteiger partial charge in [0.1, 0.15) is 0 Å². The molecule has 1 saturated heterocycles. The van der Waals surface area contributed by atoms with Gasteiger partial charge >= 0.3 is 0 Å². The van der Waals surface area contributed by atoms with Crippen LogP contribution in [0.4, 0.5) is 5.69 Å². The number of hydrogen-bond donors (Lipinski definition) is 3. The van der Waals surface area contributed by atoms with Crippen LogP contribution in [-0.2, 0) is 19.6 Å². The van der Waals surface area contributed by atoms with Crippen molar-refractivity contribution in [1.29, 1.82) is 0 Å². The van der Waals surface area contributed by atoms with Crippen LogP contribution in [0.25, 0.3) is 0 Å². The lowest BCUT2D eigenvalue weighted by Crippen LogP contribution is -2.47. The third-order valence-corrected chi connectivity index (χ3v) is 6.11. The van der Waals surface area contributed by atoms with Crippen LogP contribution in [0, 0.1) is 12.3 Å². The molecule has 0 radical (unpaired) electrons. The number of anilines is 1. The average Bonchev–Trinajstić information content (AvgIpc) is 2.57. The van der Waals surface area contributed by atoms with E-state index in [4.69, 9.17) is 4.74 Å². The normalized spacial score (nSPS) is 17.5. The number of hydrogen-bond acceptors (Lipinski definition) is 5. The van der Waals surface area contributed by atoms with Gasteiger partial charge in [-0.25, -0.2) is 13.1 Å². The molecule has 1 fully saturated rings. The molecule has 8 heteroatoms. The van der Waals surface area contributed by atoms with Gasteiger partial charge in [-0.3, -0.25) is 4.79 Å². The molecule has 1 aliphatic heterocycles. The molecular weight excluding hydrogens is 330 g/mol. The number of carbonyl (C=O) groups excluding carboxylic acids is 1. The summed E-state index contributed by atoms with van der Waals surface area (Å²) in [4.78, 5) is 13.0. The van der Waals surface area contributed by atoms with Crippen molar-refractivity contribution in [2.24, 2.45) is 5.41 Å². The number of ether oxygens (including phenoxy) is 1. The Balaban J connectivity index is 2.30. The highest BCUT2D eigenvalue weighted by molar-refractivity contribution is 7.89. The van der Waals surface area contributed by atoms with Gasteiger partial charge in [-0.15, -0.1) is 0 Å². The summed E-state index contributed by atoms with van der Waals surface area (Å²) in [6.07, 6.45) is 1.36. The quantitative estimate of drug-likeness (QED) is 0.703. The minimum Gasteiger partial charge on any atom is -0.384 e. The van der Waals surface area contributed by atoms with Gasteiger partial charge in [-0.05, 0) is 57.6 Å². The van der Waals surface area contributed by atoms with Crippen molar-refractivity contribution >= 4 is 21.6 Å². The third kappa shape index (κ3) is 3.77. The maximum atomic E-state index is 12.9. The monoisotopic (exact) mass is 355 g/mol. The van der Waals surface area contributed by atoms with Crippen LogP contribution >= 0.6 is 0 Å². The Morgan fingerprint density at radius 3 is 2.58 bits per heavy atom. The van der Waals surface area contributed by atoms with Gasteiger partial charge in [0.2, 0.25) is 15.9 Å². The van der Waals surface area contributed by atoms with Crippen molar-refractivity contribution in [1.82, 2.24) is 10.0 Å². The summed E-state index contributed by atoms with van der Waals surface area (Å²) in [6.45, 7) is 3.53. The molecule has 24 heavy (non-hydrogen) atoms. The molecule has 1 aliphatic rings. The van der Waals surface area contributed by atoms with Crippen molar-refractivity contribution in [3.8, 4) is 0 Å². The number of methoxy groups -OCH3 is 1. The zero-order chi connectivity index (χ0) is 17.8. The molecule has 2 rings (SSSR count). The lowest BCUT2D eigenvalue weighted by atomic mass is 9.78. The molecule has 7 nitrogen and oxygen atoms in total. The fourth-order valence-corrected chi connectivity index (χ4v) is 4.02. The molecule has 1 heterocycles.